The van der Waals surface area contributed by atoms with Gasteiger partial charge in [-0.05, 0) is 23.3 Å². The molecule has 0 aliphatic carbocycles. The lowest BCUT2D eigenvalue weighted by Crippen LogP contribution is -2.30. The number of thioether (sulfide) groups is 1. The van der Waals surface area contributed by atoms with Crippen molar-refractivity contribution >= 4 is 34.3 Å². The Hall–Kier alpha value is -4.17. The Bertz CT molecular complexity index is 1540. The van der Waals surface area contributed by atoms with Gasteiger partial charge in [0.2, 0.25) is 11.7 Å². The lowest BCUT2D eigenvalue weighted by atomic mass is 9.91. The summed E-state index contributed by atoms with van der Waals surface area (Å²) in [5.74, 6) is 0.547. The van der Waals surface area contributed by atoms with Gasteiger partial charge in [0.05, 0.1) is 16.7 Å². The fraction of sp³-hybridized carbons (Fsp3) is 0.143. The number of para-hydroxylation sites is 1. The van der Waals surface area contributed by atoms with Gasteiger partial charge in [0.15, 0.2) is 5.16 Å². The van der Waals surface area contributed by atoms with Crippen LogP contribution in [0.2, 0.25) is 0 Å². The van der Waals surface area contributed by atoms with Crippen LogP contribution in [0.3, 0.4) is 0 Å². The highest BCUT2D eigenvalue weighted by Gasteiger charge is 2.18. The Labute approximate surface area is 212 Å². The van der Waals surface area contributed by atoms with E-state index in [4.69, 9.17) is 0 Å². The van der Waals surface area contributed by atoms with Crippen molar-refractivity contribution in [2.75, 3.05) is 12.3 Å². The molecule has 2 heterocycles. The van der Waals surface area contributed by atoms with E-state index in [0.29, 0.717) is 34.9 Å². The topological polar surface area (TPSA) is 81.3 Å². The molecule has 7 nitrogen and oxygen atoms in total. The van der Waals surface area contributed by atoms with Crippen LogP contribution in [0.5, 0.6) is 0 Å². The summed E-state index contributed by atoms with van der Waals surface area (Å²) in [4.78, 5) is 25.8. The van der Waals surface area contributed by atoms with E-state index >= 15 is 0 Å². The highest BCUT2D eigenvalue weighted by Crippen LogP contribution is 2.24. The molecule has 0 aliphatic rings. The van der Waals surface area contributed by atoms with Gasteiger partial charge in [0.1, 0.15) is 0 Å². The fourth-order valence-corrected chi connectivity index (χ4v) is 5.09. The summed E-state index contributed by atoms with van der Waals surface area (Å²) in [6, 6.07) is 27.7. The summed E-state index contributed by atoms with van der Waals surface area (Å²) < 4.78 is 3.37. The zero-order valence-electron chi connectivity index (χ0n) is 19.6. The number of allylic oxidation sites excluding steroid dienone is 1. The smallest absolute Gasteiger partial charge is 0.263 e. The summed E-state index contributed by atoms with van der Waals surface area (Å²) >= 11 is 1.29. The lowest BCUT2D eigenvalue weighted by Gasteiger charge is -2.18. The minimum Gasteiger partial charge on any atom is -0.354 e. The molecule has 0 saturated carbocycles. The third kappa shape index (κ3) is 4.67. The van der Waals surface area contributed by atoms with Crippen LogP contribution in [0.1, 0.15) is 17.0 Å². The van der Waals surface area contributed by atoms with Crippen LogP contribution in [0, 0.1) is 0 Å². The van der Waals surface area contributed by atoms with Gasteiger partial charge in [-0.3, -0.25) is 18.6 Å². The summed E-state index contributed by atoms with van der Waals surface area (Å²) in [6.45, 7) is 4.55. The molecule has 1 amide bonds. The second kappa shape index (κ2) is 10.6. The average molecular weight is 496 g/mol. The van der Waals surface area contributed by atoms with Crippen molar-refractivity contribution in [2.24, 2.45) is 0 Å². The van der Waals surface area contributed by atoms with Crippen molar-refractivity contribution in [3.05, 3.63) is 119 Å². The van der Waals surface area contributed by atoms with Crippen molar-refractivity contribution in [3.8, 4) is 0 Å². The van der Waals surface area contributed by atoms with Gasteiger partial charge in [0.25, 0.3) is 5.56 Å². The molecule has 0 atom stereocenters. The van der Waals surface area contributed by atoms with Gasteiger partial charge in [-0.25, -0.2) is 0 Å². The molecule has 5 aromatic rings. The van der Waals surface area contributed by atoms with Crippen LogP contribution in [-0.4, -0.2) is 37.4 Å². The van der Waals surface area contributed by atoms with Crippen LogP contribution in [0.4, 0.5) is 0 Å². The van der Waals surface area contributed by atoms with Gasteiger partial charge in [-0.2, -0.15) is 0 Å². The van der Waals surface area contributed by atoms with Gasteiger partial charge in [-0.15, -0.1) is 16.8 Å². The molecule has 2 aromatic heterocycles. The maximum absolute atomic E-state index is 13.0. The summed E-state index contributed by atoms with van der Waals surface area (Å²) in [5.41, 5.74) is 2.85. The number of hydrogen-bond acceptors (Lipinski definition) is 5. The van der Waals surface area contributed by atoms with Gasteiger partial charge < -0.3 is 5.32 Å². The zero-order valence-corrected chi connectivity index (χ0v) is 20.4. The molecule has 36 heavy (non-hydrogen) atoms. The fourth-order valence-electron chi connectivity index (χ4n) is 4.32. The molecular weight excluding hydrogens is 470 g/mol. The SMILES string of the molecule is C=CCn1c(=O)c2ccccc2n2c(SCC(=O)NCC(c3ccccc3)c3ccccc3)nnc12. The Morgan fingerprint density at radius 3 is 2.25 bits per heavy atom. The van der Waals surface area contributed by atoms with E-state index in [1.807, 2.05) is 59.0 Å². The van der Waals surface area contributed by atoms with Gasteiger partial charge in [0, 0.05) is 19.0 Å². The van der Waals surface area contributed by atoms with Crippen LogP contribution in [-0.2, 0) is 11.3 Å². The summed E-state index contributed by atoms with van der Waals surface area (Å²) in [6.07, 6.45) is 1.65. The van der Waals surface area contributed by atoms with E-state index in [0.717, 1.165) is 11.1 Å². The van der Waals surface area contributed by atoms with Gasteiger partial charge in [-0.1, -0.05) is 90.6 Å². The summed E-state index contributed by atoms with van der Waals surface area (Å²) in [7, 11) is 0. The maximum atomic E-state index is 13.0. The van der Waals surface area contributed by atoms with Crippen molar-refractivity contribution in [2.45, 2.75) is 17.6 Å². The number of amides is 1. The Balaban J connectivity index is 1.36. The van der Waals surface area contributed by atoms with Crippen molar-refractivity contribution in [1.82, 2.24) is 24.5 Å². The number of nitrogens with zero attached hydrogens (tertiary/aromatic N) is 4. The quantitative estimate of drug-likeness (QED) is 0.244. The molecule has 0 bridgehead atoms. The van der Waals surface area contributed by atoms with Gasteiger partial charge >= 0.3 is 0 Å². The molecule has 0 aliphatic heterocycles. The molecule has 0 unspecified atom stereocenters. The summed E-state index contributed by atoms with van der Waals surface area (Å²) in [5, 5.41) is 12.7. The normalized spacial score (nSPS) is 11.2. The highest BCUT2D eigenvalue weighted by atomic mass is 32.2. The van der Waals surface area contributed by atoms with E-state index in [9.17, 15) is 9.59 Å². The number of aromatic nitrogens is 4. The average Bonchev–Trinajstić information content (AvgIpc) is 3.35. The first-order valence-corrected chi connectivity index (χ1v) is 12.6. The number of carbonyl (C=O) groups excluding carboxylic acids is 1. The van der Waals surface area contributed by atoms with Crippen molar-refractivity contribution in [3.63, 3.8) is 0 Å². The number of benzene rings is 3. The van der Waals surface area contributed by atoms with Crippen LogP contribution < -0.4 is 10.9 Å². The minimum atomic E-state index is -0.146. The first-order valence-electron chi connectivity index (χ1n) is 11.6. The molecule has 0 fully saturated rings. The van der Waals surface area contributed by atoms with E-state index < -0.39 is 0 Å². The number of fused-ring (bicyclic) bond motifs is 3. The molecular formula is C28H25N5O2S. The molecule has 3 aromatic carbocycles. The number of rotatable bonds is 9. The second-order valence-corrected chi connectivity index (χ2v) is 9.25. The number of carbonyl (C=O) groups is 1. The third-order valence-corrected chi connectivity index (χ3v) is 6.96. The number of hydrogen-bond donors (Lipinski definition) is 1. The maximum Gasteiger partial charge on any atom is 0.263 e. The van der Waals surface area contributed by atoms with Crippen LogP contribution in [0.15, 0.2) is 108 Å². The Kier molecular flexibility index (Phi) is 6.95. The molecule has 1 N–H and O–H groups in total. The molecule has 180 valence electrons. The third-order valence-electron chi connectivity index (χ3n) is 6.03. The van der Waals surface area contributed by atoms with Crippen molar-refractivity contribution < 1.29 is 4.79 Å². The molecule has 0 radical (unpaired) electrons. The van der Waals surface area contributed by atoms with E-state index in [1.54, 1.807) is 12.1 Å². The molecule has 0 saturated heterocycles. The Morgan fingerprint density at radius 1 is 0.944 bits per heavy atom. The van der Waals surface area contributed by atoms with E-state index in [-0.39, 0.29) is 23.1 Å². The lowest BCUT2D eigenvalue weighted by molar-refractivity contribution is -0.118. The second-order valence-electron chi connectivity index (χ2n) is 8.31. The first kappa shape index (κ1) is 23.6. The highest BCUT2D eigenvalue weighted by molar-refractivity contribution is 7.99. The van der Waals surface area contributed by atoms with Crippen molar-refractivity contribution in [1.29, 1.82) is 0 Å². The van der Waals surface area contributed by atoms with Crippen LogP contribution >= 0.6 is 11.8 Å². The molecule has 0 spiro atoms. The van der Waals surface area contributed by atoms with E-state index in [1.165, 1.54) is 16.3 Å². The minimum absolute atomic E-state index is 0.0487. The predicted molar refractivity (Wildman–Crippen MR) is 143 cm³/mol. The molecule has 8 heteroatoms. The first-order chi connectivity index (χ1) is 17.7. The number of nitrogens with one attached hydrogen (secondary N) is 1. The molecule has 5 rings (SSSR count). The van der Waals surface area contributed by atoms with Crippen LogP contribution in [0.25, 0.3) is 16.7 Å². The standard InChI is InChI=1S/C28H25N5O2S/c1-2-17-32-26(35)22-15-9-10-16-24(22)33-27(32)30-31-28(33)36-19-25(34)29-18-23(20-11-5-3-6-12-20)21-13-7-4-8-14-21/h2-16,23H,1,17-19H2,(H,29,34). The Morgan fingerprint density at radius 2 is 1.58 bits per heavy atom. The largest absolute Gasteiger partial charge is 0.354 e. The zero-order chi connectivity index (χ0) is 24.9. The van der Waals surface area contributed by atoms with E-state index in [2.05, 4.69) is 46.4 Å². The monoisotopic (exact) mass is 495 g/mol. The predicted octanol–water partition coefficient (Wildman–Crippen LogP) is 4.27.